The minimum atomic E-state index is -0.721. The monoisotopic (exact) mass is 314 g/mol. The molecule has 1 heterocycles. The number of hydrogen-bond donors (Lipinski definition) is 0. The van der Waals surface area contributed by atoms with Crippen molar-refractivity contribution in [2.45, 2.75) is 19.4 Å². The lowest BCUT2D eigenvalue weighted by Crippen LogP contribution is -2.28. The molecule has 0 bridgehead atoms. The number of halogens is 1. The fourth-order valence-corrected chi connectivity index (χ4v) is 2.56. The summed E-state index contributed by atoms with van der Waals surface area (Å²) in [6.45, 7) is 3.59. The van der Waals surface area contributed by atoms with Crippen LogP contribution in [0.4, 0.5) is 0 Å². The number of hydrogen-bond acceptors (Lipinski definition) is 2. The molecule has 15 heavy (non-hydrogen) atoms. The van der Waals surface area contributed by atoms with Crippen LogP contribution in [0.2, 0.25) is 0 Å². The molecule has 2 rings (SSSR count). The molecule has 78 valence electrons. The molecule has 0 N–H and O–H groups in total. The van der Waals surface area contributed by atoms with Gasteiger partial charge in [0.05, 0.1) is 0 Å². The summed E-state index contributed by atoms with van der Waals surface area (Å²) in [5.41, 5.74) is 0.239. The number of carbonyl (C=O) groups excluding carboxylic acids is 1. The van der Waals surface area contributed by atoms with Crippen LogP contribution in [-0.2, 0) is 9.53 Å². The Bertz CT molecular complexity index is 432. The van der Waals surface area contributed by atoms with E-state index in [2.05, 4.69) is 22.6 Å². The van der Waals surface area contributed by atoms with Gasteiger partial charge in [-0.3, -0.25) is 4.79 Å². The zero-order valence-electron chi connectivity index (χ0n) is 8.58. The Hall–Kier alpha value is -0.840. The predicted octanol–water partition coefficient (Wildman–Crippen LogP) is 3.17. The van der Waals surface area contributed by atoms with Crippen LogP contribution in [-0.4, -0.2) is 11.4 Å². The second-order valence-corrected chi connectivity index (χ2v) is 5.03. The van der Waals surface area contributed by atoms with Gasteiger partial charge in [-0.05, 0) is 36.4 Å². The van der Waals surface area contributed by atoms with E-state index in [0.717, 1.165) is 5.56 Å². The maximum Gasteiger partial charge on any atom is 0.215 e. The normalized spacial score (nSPS) is 19.3. The summed E-state index contributed by atoms with van der Waals surface area (Å²) in [6, 6.07) is 9.71. The molecule has 2 nitrogen and oxygen atoms in total. The molecule has 0 spiro atoms. The van der Waals surface area contributed by atoms with Crippen LogP contribution in [0.15, 0.2) is 33.9 Å². The van der Waals surface area contributed by atoms with E-state index in [9.17, 15) is 4.79 Å². The third-order valence-electron chi connectivity index (χ3n) is 2.34. The highest BCUT2D eigenvalue weighted by molar-refractivity contribution is 14.1. The highest BCUT2D eigenvalue weighted by atomic mass is 127. The van der Waals surface area contributed by atoms with Crippen LogP contribution in [0.3, 0.4) is 0 Å². The van der Waals surface area contributed by atoms with Gasteiger partial charge in [0.2, 0.25) is 5.78 Å². The molecule has 1 aromatic carbocycles. The van der Waals surface area contributed by atoms with E-state index in [1.165, 1.54) is 0 Å². The number of Topliss-reactive ketones (excluding diaryl/α,β-unsaturated/α-hetero) is 1. The van der Waals surface area contributed by atoms with Gasteiger partial charge in [-0.15, -0.1) is 0 Å². The van der Waals surface area contributed by atoms with E-state index in [4.69, 9.17) is 4.74 Å². The molecule has 0 radical (unpaired) electrons. The lowest BCUT2D eigenvalue weighted by molar-refractivity contribution is -0.125. The van der Waals surface area contributed by atoms with Crippen LogP contribution >= 0.6 is 22.6 Å². The van der Waals surface area contributed by atoms with Crippen LogP contribution < -0.4 is 0 Å². The first kappa shape index (κ1) is 10.7. The van der Waals surface area contributed by atoms with Gasteiger partial charge >= 0.3 is 0 Å². The minimum Gasteiger partial charge on any atom is -0.478 e. The quantitative estimate of drug-likeness (QED) is 0.744. The summed E-state index contributed by atoms with van der Waals surface area (Å²) in [7, 11) is 0. The summed E-state index contributed by atoms with van der Waals surface area (Å²) in [4.78, 5) is 11.8. The van der Waals surface area contributed by atoms with Gasteiger partial charge in [-0.1, -0.05) is 30.3 Å². The fraction of sp³-hybridized carbons (Fsp3) is 0.250. The third kappa shape index (κ3) is 1.80. The zero-order chi connectivity index (χ0) is 11.1. The molecule has 3 heteroatoms. The Morgan fingerprint density at radius 3 is 2.27 bits per heavy atom. The van der Waals surface area contributed by atoms with Crippen molar-refractivity contribution in [1.29, 1.82) is 0 Å². The first-order chi connectivity index (χ1) is 7.02. The van der Waals surface area contributed by atoms with Crippen LogP contribution in [0, 0.1) is 0 Å². The molecule has 0 aliphatic carbocycles. The van der Waals surface area contributed by atoms with E-state index in [1.807, 2.05) is 30.3 Å². The van der Waals surface area contributed by atoms with Gasteiger partial charge in [0, 0.05) is 5.56 Å². The van der Waals surface area contributed by atoms with Crippen molar-refractivity contribution in [3.63, 3.8) is 0 Å². The first-order valence-corrected chi connectivity index (χ1v) is 5.79. The summed E-state index contributed by atoms with van der Waals surface area (Å²) in [5, 5.41) is 0. The van der Waals surface area contributed by atoms with Gasteiger partial charge in [0.25, 0.3) is 0 Å². The van der Waals surface area contributed by atoms with Crippen molar-refractivity contribution in [2.75, 3.05) is 0 Å². The standard InChI is InChI=1S/C12H11IO2/c1-12(2)11(14)9(13)10(15-12)8-6-4-3-5-7-8/h3-7H,1-2H3. The van der Waals surface area contributed by atoms with E-state index in [0.29, 0.717) is 9.34 Å². The number of ether oxygens (including phenoxy) is 1. The average Bonchev–Trinajstić information content (AvgIpc) is 2.44. The Labute approximate surface area is 102 Å². The lowest BCUT2D eigenvalue weighted by atomic mass is 10.1. The van der Waals surface area contributed by atoms with Crippen molar-refractivity contribution >= 4 is 34.1 Å². The first-order valence-electron chi connectivity index (χ1n) is 4.71. The van der Waals surface area contributed by atoms with Gasteiger partial charge in [-0.25, -0.2) is 0 Å². The topological polar surface area (TPSA) is 26.3 Å². The molecule has 0 fully saturated rings. The molecular formula is C12H11IO2. The van der Waals surface area contributed by atoms with E-state index < -0.39 is 5.60 Å². The molecule has 0 aromatic heterocycles. The zero-order valence-corrected chi connectivity index (χ0v) is 10.7. The molecule has 0 amide bonds. The molecule has 0 atom stereocenters. The second kappa shape index (κ2) is 3.63. The Morgan fingerprint density at radius 1 is 1.20 bits per heavy atom. The summed E-state index contributed by atoms with van der Waals surface area (Å²) in [5.74, 6) is 0.758. The second-order valence-electron chi connectivity index (χ2n) is 3.95. The van der Waals surface area contributed by atoms with Crippen molar-refractivity contribution in [2.24, 2.45) is 0 Å². The highest BCUT2D eigenvalue weighted by Gasteiger charge is 2.40. The largest absolute Gasteiger partial charge is 0.478 e. The Morgan fingerprint density at radius 2 is 1.80 bits per heavy atom. The van der Waals surface area contributed by atoms with Crippen LogP contribution in [0.25, 0.3) is 5.76 Å². The molecule has 0 saturated heterocycles. The van der Waals surface area contributed by atoms with Crippen molar-refractivity contribution < 1.29 is 9.53 Å². The van der Waals surface area contributed by atoms with Gasteiger partial charge < -0.3 is 4.74 Å². The smallest absolute Gasteiger partial charge is 0.215 e. The summed E-state index contributed by atoms with van der Waals surface area (Å²) < 4.78 is 6.37. The predicted molar refractivity (Wildman–Crippen MR) is 67.6 cm³/mol. The maximum atomic E-state index is 11.8. The highest BCUT2D eigenvalue weighted by Crippen LogP contribution is 2.38. The van der Waals surface area contributed by atoms with Crippen molar-refractivity contribution in [1.82, 2.24) is 0 Å². The van der Waals surface area contributed by atoms with Crippen LogP contribution in [0.5, 0.6) is 0 Å². The molecule has 0 unspecified atom stereocenters. The summed E-state index contributed by atoms with van der Waals surface area (Å²) in [6.07, 6.45) is 0. The number of benzene rings is 1. The number of carbonyl (C=O) groups is 1. The summed E-state index contributed by atoms with van der Waals surface area (Å²) >= 11 is 2.05. The van der Waals surface area contributed by atoms with Crippen LogP contribution in [0.1, 0.15) is 19.4 Å². The van der Waals surface area contributed by atoms with E-state index in [-0.39, 0.29) is 5.78 Å². The SMILES string of the molecule is CC1(C)OC(c2ccccc2)=C(I)C1=O. The van der Waals surface area contributed by atoms with E-state index >= 15 is 0 Å². The van der Waals surface area contributed by atoms with Crippen molar-refractivity contribution in [3.05, 3.63) is 39.5 Å². The molecule has 0 saturated carbocycles. The molecule has 1 aromatic rings. The number of rotatable bonds is 1. The fourth-order valence-electron chi connectivity index (χ4n) is 1.49. The molecule has 1 aliphatic heterocycles. The number of ketones is 1. The van der Waals surface area contributed by atoms with E-state index in [1.54, 1.807) is 13.8 Å². The Balaban J connectivity index is 2.45. The van der Waals surface area contributed by atoms with Gasteiger partial charge in [0.15, 0.2) is 5.60 Å². The average molecular weight is 314 g/mol. The van der Waals surface area contributed by atoms with Gasteiger partial charge in [0.1, 0.15) is 9.34 Å². The van der Waals surface area contributed by atoms with Gasteiger partial charge in [-0.2, -0.15) is 0 Å². The Kier molecular flexibility index (Phi) is 2.58. The van der Waals surface area contributed by atoms with Crippen molar-refractivity contribution in [3.8, 4) is 0 Å². The molecular weight excluding hydrogens is 303 g/mol. The molecule has 1 aliphatic rings. The lowest BCUT2D eigenvalue weighted by Gasteiger charge is -2.17. The minimum absolute atomic E-state index is 0.0574. The maximum absolute atomic E-state index is 11.8. The third-order valence-corrected chi connectivity index (χ3v) is 3.32.